The predicted molar refractivity (Wildman–Crippen MR) is 128 cm³/mol. The molecule has 34 heavy (non-hydrogen) atoms. The van der Waals surface area contributed by atoms with E-state index in [0.29, 0.717) is 18.3 Å². The van der Waals surface area contributed by atoms with Crippen LogP contribution in [0.2, 0.25) is 0 Å². The van der Waals surface area contributed by atoms with Gasteiger partial charge in [-0.2, -0.15) is 4.98 Å². The van der Waals surface area contributed by atoms with E-state index >= 15 is 0 Å². The van der Waals surface area contributed by atoms with Crippen molar-refractivity contribution in [3.63, 3.8) is 0 Å². The number of amides is 1. The van der Waals surface area contributed by atoms with E-state index in [1.54, 1.807) is 14.0 Å². The standard InChI is InChI=1S/C25H27N5O4/c1-3-34-22(31)16-27-24(32)20-15-28-25(30-13-12-18-6-4-5-7-21(18)30)29-23(20)26-14-17-8-10-19(33-2)11-9-17/h4-11,15H,3,12-14,16H2,1-2H3,(H,27,32)(H,26,28,29). The third-order valence-electron chi connectivity index (χ3n) is 5.47. The van der Waals surface area contributed by atoms with Crippen LogP contribution in [0.1, 0.15) is 28.4 Å². The molecule has 9 heteroatoms. The van der Waals surface area contributed by atoms with E-state index in [-0.39, 0.29) is 18.7 Å². The molecule has 1 amide bonds. The van der Waals surface area contributed by atoms with E-state index in [1.807, 2.05) is 47.4 Å². The van der Waals surface area contributed by atoms with Gasteiger partial charge in [0, 0.05) is 25.0 Å². The van der Waals surface area contributed by atoms with Crippen molar-refractivity contribution >= 4 is 29.3 Å². The highest BCUT2D eigenvalue weighted by Gasteiger charge is 2.24. The molecule has 9 nitrogen and oxygen atoms in total. The Balaban J connectivity index is 1.58. The maximum Gasteiger partial charge on any atom is 0.325 e. The number of nitrogens with one attached hydrogen (secondary N) is 2. The average molecular weight is 462 g/mol. The van der Waals surface area contributed by atoms with Gasteiger partial charge in [0.1, 0.15) is 23.7 Å². The van der Waals surface area contributed by atoms with Crippen LogP contribution >= 0.6 is 0 Å². The fourth-order valence-corrected chi connectivity index (χ4v) is 3.74. The number of carbonyl (C=O) groups is 2. The van der Waals surface area contributed by atoms with E-state index in [1.165, 1.54) is 11.8 Å². The lowest BCUT2D eigenvalue weighted by atomic mass is 10.2. The summed E-state index contributed by atoms with van der Waals surface area (Å²) in [5.74, 6) is 0.684. The Bertz CT molecular complexity index is 1170. The average Bonchev–Trinajstić information content (AvgIpc) is 3.30. The zero-order valence-corrected chi connectivity index (χ0v) is 19.2. The SMILES string of the molecule is CCOC(=O)CNC(=O)c1cnc(N2CCc3ccccc32)nc1NCc1ccc(OC)cc1. The minimum Gasteiger partial charge on any atom is -0.497 e. The van der Waals surface area contributed by atoms with Gasteiger partial charge in [-0.05, 0) is 42.7 Å². The maximum atomic E-state index is 12.8. The molecule has 0 saturated heterocycles. The van der Waals surface area contributed by atoms with Gasteiger partial charge in [0.15, 0.2) is 0 Å². The quantitative estimate of drug-likeness (QED) is 0.469. The molecule has 0 bridgehead atoms. The first-order valence-electron chi connectivity index (χ1n) is 11.1. The lowest BCUT2D eigenvalue weighted by Crippen LogP contribution is -2.31. The van der Waals surface area contributed by atoms with Crippen LogP contribution in [0.15, 0.2) is 54.7 Å². The van der Waals surface area contributed by atoms with Gasteiger partial charge in [-0.3, -0.25) is 9.59 Å². The van der Waals surface area contributed by atoms with Gasteiger partial charge in [0.2, 0.25) is 5.95 Å². The highest BCUT2D eigenvalue weighted by molar-refractivity contribution is 6.00. The summed E-state index contributed by atoms with van der Waals surface area (Å²) in [7, 11) is 1.62. The molecule has 0 aliphatic carbocycles. The van der Waals surface area contributed by atoms with Gasteiger partial charge in [0.05, 0.1) is 13.7 Å². The van der Waals surface area contributed by atoms with Gasteiger partial charge >= 0.3 is 5.97 Å². The molecule has 2 N–H and O–H groups in total. The molecular formula is C25H27N5O4. The summed E-state index contributed by atoms with van der Waals surface area (Å²) in [5, 5.41) is 5.83. The number of anilines is 3. The van der Waals surface area contributed by atoms with Crippen molar-refractivity contribution in [1.29, 1.82) is 0 Å². The number of nitrogens with zero attached hydrogens (tertiary/aromatic N) is 3. The number of para-hydroxylation sites is 1. The maximum absolute atomic E-state index is 12.8. The molecule has 0 fully saturated rings. The fourth-order valence-electron chi connectivity index (χ4n) is 3.74. The molecule has 176 valence electrons. The Kier molecular flexibility index (Phi) is 7.22. The first-order chi connectivity index (χ1) is 16.6. The lowest BCUT2D eigenvalue weighted by molar-refractivity contribution is -0.141. The normalized spacial score (nSPS) is 12.1. The summed E-state index contributed by atoms with van der Waals surface area (Å²) in [5.41, 5.74) is 3.53. The molecule has 2 aromatic carbocycles. The van der Waals surface area contributed by atoms with Gasteiger partial charge in [-0.25, -0.2) is 4.98 Å². The van der Waals surface area contributed by atoms with Crippen LogP contribution in [-0.2, 0) is 22.5 Å². The van der Waals surface area contributed by atoms with E-state index < -0.39 is 11.9 Å². The zero-order chi connectivity index (χ0) is 23.9. The molecule has 3 aromatic rings. The molecule has 1 aromatic heterocycles. The molecule has 2 heterocycles. The van der Waals surface area contributed by atoms with E-state index in [4.69, 9.17) is 9.47 Å². The molecule has 0 saturated carbocycles. The second kappa shape index (κ2) is 10.7. The van der Waals surface area contributed by atoms with Crippen LogP contribution in [0.5, 0.6) is 5.75 Å². The fraction of sp³-hybridized carbons (Fsp3) is 0.280. The molecule has 0 radical (unpaired) electrons. The van der Waals surface area contributed by atoms with Crippen LogP contribution in [-0.4, -0.2) is 48.7 Å². The number of methoxy groups -OCH3 is 1. The number of hydrogen-bond acceptors (Lipinski definition) is 8. The monoisotopic (exact) mass is 461 g/mol. The topological polar surface area (TPSA) is 106 Å². The summed E-state index contributed by atoms with van der Waals surface area (Å²) >= 11 is 0. The number of hydrogen-bond donors (Lipinski definition) is 2. The molecule has 4 rings (SSSR count). The largest absolute Gasteiger partial charge is 0.497 e. The molecular weight excluding hydrogens is 434 g/mol. The Morgan fingerprint density at radius 3 is 2.68 bits per heavy atom. The Hall–Kier alpha value is -4.14. The third-order valence-corrected chi connectivity index (χ3v) is 5.47. The summed E-state index contributed by atoms with van der Waals surface area (Å²) in [4.78, 5) is 35.7. The minimum absolute atomic E-state index is 0.230. The number of esters is 1. The summed E-state index contributed by atoms with van der Waals surface area (Å²) < 4.78 is 10.1. The Morgan fingerprint density at radius 2 is 1.91 bits per heavy atom. The molecule has 0 spiro atoms. The van der Waals surface area contributed by atoms with Crippen molar-refractivity contribution in [2.24, 2.45) is 0 Å². The van der Waals surface area contributed by atoms with E-state index in [9.17, 15) is 9.59 Å². The number of ether oxygens (including phenoxy) is 2. The van der Waals surface area contributed by atoms with Crippen LogP contribution in [0.25, 0.3) is 0 Å². The van der Waals surface area contributed by atoms with Gasteiger partial charge < -0.3 is 25.0 Å². The van der Waals surface area contributed by atoms with Crippen molar-refractivity contribution < 1.29 is 19.1 Å². The van der Waals surface area contributed by atoms with Crippen LogP contribution in [0.4, 0.5) is 17.5 Å². The first kappa shape index (κ1) is 23.0. The van der Waals surface area contributed by atoms with Crippen LogP contribution < -0.4 is 20.3 Å². The minimum atomic E-state index is -0.505. The lowest BCUT2D eigenvalue weighted by Gasteiger charge is -2.19. The van der Waals surface area contributed by atoms with Gasteiger partial charge in [-0.1, -0.05) is 30.3 Å². The molecule has 0 unspecified atom stereocenters. The van der Waals surface area contributed by atoms with Crippen molar-refractivity contribution in [3.8, 4) is 5.75 Å². The van der Waals surface area contributed by atoms with E-state index in [2.05, 4.69) is 26.7 Å². The molecule has 0 atom stereocenters. The predicted octanol–water partition coefficient (Wildman–Crippen LogP) is 3.08. The van der Waals surface area contributed by atoms with Crippen molar-refractivity contribution in [2.75, 3.05) is 37.0 Å². The van der Waals surface area contributed by atoms with Crippen LogP contribution in [0.3, 0.4) is 0 Å². The number of aromatic nitrogens is 2. The Morgan fingerprint density at radius 1 is 1.12 bits per heavy atom. The summed E-state index contributed by atoms with van der Waals surface area (Å²) in [6, 6.07) is 15.7. The zero-order valence-electron chi connectivity index (χ0n) is 19.2. The third kappa shape index (κ3) is 5.25. The van der Waals surface area contributed by atoms with Crippen molar-refractivity contribution in [2.45, 2.75) is 19.9 Å². The number of carbonyl (C=O) groups excluding carboxylic acids is 2. The summed E-state index contributed by atoms with van der Waals surface area (Å²) in [6.07, 6.45) is 2.38. The van der Waals surface area contributed by atoms with Crippen molar-refractivity contribution in [3.05, 3.63) is 71.4 Å². The highest BCUT2D eigenvalue weighted by atomic mass is 16.5. The smallest absolute Gasteiger partial charge is 0.325 e. The number of fused-ring (bicyclic) bond motifs is 1. The first-order valence-corrected chi connectivity index (χ1v) is 11.1. The molecule has 1 aliphatic rings. The Labute approximate surface area is 198 Å². The van der Waals surface area contributed by atoms with Crippen LogP contribution in [0, 0.1) is 0 Å². The second-order valence-corrected chi connectivity index (χ2v) is 7.65. The number of benzene rings is 2. The molecule has 1 aliphatic heterocycles. The van der Waals surface area contributed by atoms with Crippen molar-refractivity contribution in [1.82, 2.24) is 15.3 Å². The highest BCUT2D eigenvalue weighted by Crippen LogP contribution is 2.33. The summed E-state index contributed by atoms with van der Waals surface area (Å²) in [6.45, 7) is 2.93. The number of rotatable bonds is 9. The van der Waals surface area contributed by atoms with E-state index in [0.717, 1.165) is 30.0 Å². The van der Waals surface area contributed by atoms with Gasteiger partial charge in [-0.15, -0.1) is 0 Å². The second-order valence-electron chi connectivity index (χ2n) is 7.65. The van der Waals surface area contributed by atoms with Gasteiger partial charge in [0.25, 0.3) is 5.91 Å².